The van der Waals surface area contributed by atoms with Crippen molar-refractivity contribution in [1.82, 2.24) is 4.90 Å². The van der Waals surface area contributed by atoms with Crippen molar-refractivity contribution in [3.63, 3.8) is 0 Å². The Morgan fingerprint density at radius 2 is 1.70 bits per heavy atom. The van der Waals surface area contributed by atoms with E-state index in [1.165, 1.54) is 11.1 Å². The molecule has 0 saturated carbocycles. The van der Waals surface area contributed by atoms with Gasteiger partial charge in [-0.15, -0.1) is 0 Å². The number of nitrogens with zero attached hydrogens (tertiary/aromatic N) is 1. The summed E-state index contributed by atoms with van der Waals surface area (Å²) in [6, 6.07) is 11.4. The van der Waals surface area contributed by atoms with E-state index in [0.717, 1.165) is 56.1 Å². The van der Waals surface area contributed by atoms with E-state index in [1.54, 1.807) is 6.07 Å². The molecule has 2 aromatic carbocycles. The molecule has 6 nitrogen and oxygen atoms in total. The fourth-order valence-electron chi connectivity index (χ4n) is 5.45. The van der Waals surface area contributed by atoms with Gasteiger partial charge in [-0.1, -0.05) is 0 Å². The van der Waals surface area contributed by atoms with Crippen LogP contribution < -0.4 is 15.1 Å². The largest absolute Gasteiger partial charge is 0.486 e. The van der Waals surface area contributed by atoms with E-state index in [2.05, 4.69) is 17.0 Å². The number of Topliss-reactive ketones (excluding diaryl/α,β-unsaturated/α-hetero) is 1. The number of likely N-dealkylation sites (tertiary alicyclic amines) is 1. The van der Waals surface area contributed by atoms with Gasteiger partial charge in [-0.25, -0.2) is 4.79 Å². The lowest BCUT2D eigenvalue weighted by atomic mass is 9.88. The number of ketones is 1. The van der Waals surface area contributed by atoms with E-state index >= 15 is 0 Å². The molecular weight excluding hydrogens is 418 g/mol. The van der Waals surface area contributed by atoms with Crippen LogP contribution in [0.25, 0.3) is 11.0 Å². The summed E-state index contributed by atoms with van der Waals surface area (Å²) in [5.41, 5.74) is 4.80. The standard InChI is InChI=1S/C27H27NO5/c29-26-15-21(22-12-18-2-1-3-19(18)13-24(22)33-26)16-28-8-6-17(7-9-28)27(30)20-4-5-23-25(14-20)32-11-10-31-23/h4-5,12-15,17H,1-3,6-11,16H2. The molecule has 0 radical (unpaired) electrons. The molecule has 33 heavy (non-hydrogen) atoms. The lowest BCUT2D eigenvalue weighted by Crippen LogP contribution is -2.36. The lowest BCUT2D eigenvalue weighted by molar-refractivity contribution is 0.0834. The third-order valence-electron chi connectivity index (χ3n) is 7.22. The number of ether oxygens (including phenoxy) is 2. The van der Waals surface area contributed by atoms with Gasteiger partial charge in [-0.3, -0.25) is 9.69 Å². The second-order valence-corrected chi connectivity index (χ2v) is 9.33. The Labute approximate surface area is 192 Å². The molecule has 0 atom stereocenters. The summed E-state index contributed by atoms with van der Waals surface area (Å²) in [5, 5.41) is 1.05. The molecular formula is C27H27NO5. The second-order valence-electron chi connectivity index (χ2n) is 9.33. The van der Waals surface area contributed by atoms with Crippen molar-refractivity contribution in [3.05, 3.63) is 69.1 Å². The van der Waals surface area contributed by atoms with E-state index in [4.69, 9.17) is 13.9 Å². The normalized spacial score (nSPS) is 18.4. The molecule has 6 heteroatoms. The van der Waals surface area contributed by atoms with Crippen molar-refractivity contribution in [2.45, 2.75) is 38.6 Å². The Hall–Kier alpha value is -3.12. The van der Waals surface area contributed by atoms with Gasteiger partial charge in [0, 0.05) is 29.5 Å². The van der Waals surface area contributed by atoms with Gasteiger partial charge in [-0.05, 0) is 92.2 Å². The number of piperidine rings is 1. The molecule has 3 heterocycles. The van der Waals surface area contributed by atoms with Gasteiger partial charge in [0.2, 0.25) is 0 Å². The van der Waals surface area contributed by atoms with Crippen LogP contribution in [0.3, 0.4) is 0 Å². The summed E-state index contributed by atoms with van der Waals surface area (Å²) < 4.78 is 16.7. The smallest absolute Gasteiger partial charge is 0.336 e. The maximum absolute atomic E-state index is 13.1. The third kappa shape index (κ3) is 3.93. The van der Waals surface area contributed by atoms with Gasteiger partial charge in [0.05, 0.1) is 0 Å². The highest BCUT2D eigenvalue weighted by molar-refractivity contribution is 5.98. The zero-order valence-corrected chi connectivity index (χ0v) is 18.6. The summed E-state index contributed by atoms with van der Waals surface area (Å²) in [7, 11) is 0. The zero-order valence-electron chi connectivity index (χ0n) is 18.6. The summed E-state index contributed by atoms with van der Waals surface area (Å²) in [5.74, 6) is 1.54. The Morgan fingerprint density at radius 3 is 2.52 bits per heavy atom. The van der Waals surface area contributed by atoms with E-state index in [0.29, 0.717) is 42.4 Å². The maximum Gasteiger partial charge on any atom is 0.336 e. The first-order valence-electron chi connectivity index (χ1n) is 11.9. The quantitative estimate of drug-likeness (QED) is 0.444. The van der Waals surface area contributed by atoms with Crippen molar-refractivity contribution >= 4 is 16.8 Å². The minimum Gasteiger partial charge on any atom is -0.486 e. The van der Waals surface area contributed by atoms with E-state index in [1.807, 2.05) is 18.2 Å². The van der Waals surface area contributed by atoms with Crippen molar-refractivity contribution < 1.29 is 18.7 Å². The molecule has 0 bridgehead atoms. The lowest BCUT2D eigenvalue weighted by Gasteiger charge is -2.31. The molecule has 0 spiro atoms. The molecule has 3 aromatic rings. The van der Waals surface area contributed by atoms with Crippen LogP contribution in [0.4, 0.5) is 0 Å². The van der Waals surface area contributed by atoms with Crippen LogP contribution in [-0.4, -0.2) is 37.0 Å². The predicted octanol–water partition coefficient (Wildman–Crippen LogP) is 4.15. The SMILES string of the molecule is O=C(c1ccc2c(c1)OCCO2)C1CCN(Cc2cc(=O)oc3cc4c(cc23)CCC4)CC1. The first-order chi connectivity index (χ1) is 16.1. The van der Waals surface area contributed by atoms with Gasteiger partial charge in [0.15, 0.2) is 17.3 Å². The summed E-state index contributed by atoms with van der Waals surface area (Å²) in [6.45, 7) is 3.41. The highest BCUT2D eigenvalue weighted by Gasteiger charge is 2.27. The molecule has 170 valence electrons. The first kappa shape index (κ1) is 20.5. The summed E-state index contributed by atoms with van der Waals surface area (Å²) in [4.78, 5) is 27.6. The molecule has 3 aliphatic rings. The number of fused-ring (bicyclic) bond motifs is 3. The molecule has 1 aromatic heterocycles. The highest BCUT2D eigenvalue weighted by Crippen LogP contribution is 2.33. The number of aryl methyl sites for hydroxylation is 2. The van der Waals surface area contributed by atoms with Gasteiger partial charge >= 0.3 is 5.63 Å². The number of rotatable bonds is 4. The number of carbonyl (C=O) groups excluding carboxylic acids is 1. The number of carbonyl (C=O) groups is 1. The minimum atomic E-state index is -0.292. The van der Waals surface area contributed by atoms with E-state index < -0.39 is 0 Å². The topological polar surface area (TPSA) is 69.0 Å². The van der Waals surface area contributed by atoms with Crippen molar-refractivity contribution in [3.8, 4) is 11.5 Å². The summed E-state index contributed by atoms with van der Waals surface area (Å²) in [6.07, 6.45) is 4.93. The van der Waals surface area contributed by atoms with E-state index in [-0.39, 0.29) is 17.3 Å². The molecule has 0 amide bonds. The molecule has 1 aliphatic carbocycles. The third-order valence-corrected chi connectivity index (χ3v) is 7.22. The van der Waals surface area contributed by atoms with Crippen LogP contribution in [0.2, 0.25) is 0 Å². The highest BCUT2D eigenvalue weighted by atomic mass is 16.6. The number of hydrogen-bond acceptors (Lipinski definition) is 6. The summed E-state index contributed by atoms with van der Waals surface area (Å²) >= 11 is 0. The fourth-order valence-corrected chi connectivity index (χ4v) is 5.45. The van der Waals surface area contributed by atoms with Crippen LogP contribution in [0, 0.1) is 5.92 Å². The first-order valence-corrected chi connectivity index (χ1v) is 11.9. The zero-order chi connectivity index (χ0) is 22.4. The van der Waals surface area contributed by atoms with Crippen molar-refractivity contribution in [2.24, 2.45) is 5.92 Å². The number of hydrogen-bond donors (Lipinski definition) is 0. The number of benzene rings is 2. The average molecular weight is 446 g/mol. The van der Waals surface area contributed by atoms with Crippen molar-refractivity contribution in [1.29, 1.82) is 0 Å². The maximum atomic E-state index is 13.1. The van der Waals surface area contributed by atoms with Gasteiger partial charge < -0.3 is 13.9 Å². The van der Waals surface area contributed by atoms with Crippen LogP contribution in [-0.2, 0) is 19.4 Å². The molecule has 1 fully saturated rings. The van der Waals surface area contributed by atoms with Crippen LogP contribution >= 0.6 is 0 Å². The minimum absolute atomic E-state index is 0.00432. The molecule has 2 aliphatic heterocycles. The van der Waals surface area contributed by atoms with Crippen molar-refractivity contribution in [2.75, 3.05) is 26.3 Å². The Balaban J connectivity index is 1.16. The molecule has 6 rings (SSSR count). The Kier molecular flexibility index (Phi) is 5.18. The molecule has 1 saturated heterocycles. The second kappa shape index (κ2) is 8.34. The molecule has 0 N–H and O–H groups in total. The van der Waals surface area contributed by atoms with E-state index in [9.17, 15) is 9.59 Å². The fraction of sp³-hybridized carbons (Fsp3) is 0.407. The predicted molar refractivity (Wildman–Crippen MR) is 124 cm³/mol. The monoisotopic (exact) mass is 445 g/mol. The van der Waals surface area contributed by atoms with Gasteiger partial charge in [0.1, 0.15) is 18.8 Å². The van der Waals surface area contributed by atoms with Gasteiger partial charge in [-0.2, -0.15) is 0 Å². The van der Waals surface area contributed by atoms with Crippen LogP contribution in [0.15, 0.2) is 45.6 Å². The Bertz CT molecular complexity index is 1290. The average Bonchev–Trinajstić information content (AvgIpc) is 3.30. The van der Waals surface area contributed by atoms with Crippen LogP contribution in [0.1, 0.15) is 46.3 Å². The Morgan fingerprint density at radius 1 is 0.939 bits per heavy atom. The molecule has 0 unspecified atom stereocenters. The van der Waals surface area contributed by atoms with Crippen LogP contribution in [0.5, 0.6) is 11.5 Å². The van der Waals surface area contributed by atoms with Gasteiger partial charge in [0.25, 0.3) is 0 Å².